The smallest absolute Gasteiger partial charge is 0.254 e. The molecule has 0 bridgehead atoms. The average molecular weight is 424 g/mol. The number of likely N-dealkylation sites (tertiary alicyclic amines) is 1. The molecule has 0 aromatic heterocycles. The highest BCUT2D eigenvalue weighted by Gasteiger charge is 2.30. The molecule has 2 aliphatic rings. The largest absolute Gasteiger partial charge is 0.497 e. The summed E-state index contributed by atoms with van der Waals surface area (Å²) in [6, 6.07) is 14.4. The number of rotatable bonds is 6. The first-order valence-electron chi connectivity index (χ1n) is 10.7. The Morgan fingerprint density at radius 3 is 2.16 bits per heavy atom. The van der Waals surface area contributed by atoms with Crippen LogP contribution in [0.25, 0.3) is 0 Å². The summed E-state index contributed by atoms with van der Waals surface area (Å²) in [4.78, 5) is 29.2. The number of morpholine rings is 1. The van der Waals surface area contributed by atoms with E-state index in [2.05, 4.69) is 0 Å². The lowest BCUT2D eigenvalue weighted by molar-refractivity contribution is 0.0303. The molecular formula is C24H28N2O5. The number of carbonyl (C=O) groups excluding carboxylic acids is 2. The minimum Gasteiger partial charge on any atom is -0.497 e. The second-order valence-electron chi connectivity index (χ2n) is 7.76. The lowest BCUT2D eigenvalue weighted by atomic mass is 10.1. The molecule has 31 heavy (non-hydrogen) atoms. The number of benzene rings is 2. The van der Waals surface area contributed by atoms with E-state index in [9.17, 15) is 9.59 Å². The van der Waals surface area contributed by atoms with Gasteiger partial charge >= 0.3 is 0 Å². The first-order chi connectivity index (χ1) is 15.2. The molecule has 2 aromatic carbocycles. The van der Waals surface area contributed by atoms with Gasteiger partial charge < -0.3 is 24.0 Å². The molecule has 0 unspecified atom stereocenters. The van der Waals surface area contributed by atoms with Crippen LogP contribution in [0.1, 0.15) is 33.6 Å². The van der Waals surface area contributed by atoms with Crippen molar-refractivity contribution in [2.24, 2.45) is 0 Å². The van der Waals surface area contributed by atoms with E-state index in [0.29, 0.717) is 49.8 Å². The molecule has 1 atom stereocenters. The molecule has 2 heterocycles. The van der Waals surface area contributed by atoms with Crippen molar-refractivity contribution in [3.8, 4) is 11.5 Å². The molecule has 4 rings (SSSR count). The van der Waals surface area contributed by atoms with Gasteiger partial charge in [0.2, 0.25) is 0 Å². The van der Waals surface area contributed by atoms with Crippen LogP contribution in [0.5, 0.6) is 11.5 Å². The molecule has 0 N–H and O–H groups in total. The van der Waals surface area contributed by atoms with E-state index in [1.807, 2.05) is 17.0 Å². The quantitative estimate of drug-likeness (QED) is 0.713. The van der Waals surface area contributed by atoms with Crippen LogP contribution in [-0.2, 0) is 4.74 Å². The number of hydrogen-bond donors (Lipinski definition) is 0. The van der Waals surface area contributed by atoms with E-state index in [4.69, 9.17) is 14.2 Å². The van der Waals surface area contributed by atoms with Gasteiger partial charge in [-0.25, -0.2) is 0 Å². The molecular weight excluding hydrogens is 396 g/mol. The van der Waals surface area contributed by atoms with Crippen LogP contribution in [-0.4, -0.2) is 74.2 Å². The minimum absolute atomic E-state index is 0.0141. The molecule has 7 heteroatoms. The highest BCUT2D eigenvalue weighted by molar-refractivity contribution is 5.95. The van der Waals surface area contributed by atoms with Crippen molar-refractivity contribution in [1.29, 1.82) is 0 Å². The number of ether oxygens (including phenoxy) is 3. The van der Waals surface area contributed by atoms with Crippen molar-refractivity contribution in [2.75, 3.05) is 46.6 Å². The molecule has 2 saturated heterocycles. The van der Waals surface area contributed by atoms with Crippen LogP contribution in [0.2, 0.25) is 0 Å². The molecule has 7 nitrogen and oxygen atoms in total. The van der Waals surface area contributed by atoms with E-state index in [0.717, 1.165) is 25.1 Å². The molecule has 2 amide bonds. The van der Waals surface area contributed by atoms with Crippen molar-refractivity contribution in [2.45, 2.75) is 18.9 Å². The topological polar surface area (TPSA) is 68.3 Å². The van der Waals surface area contributed by atoms with Crippen molar-refractivity contribution < 1.29 is 23.8 Å². The lowest BCUT2D eigenvalue weighted by Gasteiger charge is -2.27. The first-order valence-corrected chi connectivity index (χ1v) is 10.7. The summed E-state index contributed by atoms with van der Waals surface area (Å²) < 4.78 is 16.4. The van der Waals surface area contributed by atoms with Gasteiger partial charge in [-0.15, -0.1) is 0 Å². The van der Waals surface area contributed by atoms with Gasteiger partial charge in [-0.1, -0.05) is 0 Å². The Morgan fingerprint density at radius 2 is 1.52 bits per heavy atom. The zero-order chi connectivity index (χ0) is 21.6. The predicted octanol–water partition coefficient (Wildman–Crippen LogP) is 2.85. The summed E-state index contributed by atoms with van der Waals surface area (Å²) in [6.07, 6.45) is 1.87. The molecule has 2 aliphatic heterocycles. The fraction of sp³-hybridized carbons (Fsp3) is 0.417. The van der Waals surface area contributed by atoms with E-state index in [-0.39, 0.29) is 17.9 Å². The molecule has 0 aliphatic carbocycles. The van der Waals surface area contributed by atoms with Crippen LogP contribution >= 0.6 is 0 Å². The van der Waals surface area contributed by atoms with Gasteiger partial charge in [-0.05, 0) is 61.4 Å². The third kappa shape index (κ3) is 4.99. The molecule has 0 saturated carbocycles. The second kappa shape index (κ2) is 9.83. The molecule has 164 valence electrons. The maximum atomic E-state index is 12.9. The second-order valence-corrected chi connectivity index (χ2v) is 7.76. The Morgan fingerprint density at radius 1 is 0.903 bits per heavy atom. The summed E-state index contributed by atoms with van der Waals surface area (Å²) in [5.41, 5.74) is 1.30. The number of hydrogen-bond acceptors (Lipinski definition) is 5. The third-order valence-electron chi connectivity index (χ3n) is 5.82. The van der Waals surface area contributed by atoms with E-state index in [1.54, 1.807) is 48.4 Å². The zero-order valence-corrected chi connectivity index (χ0v) is 17.8. The first kappa shape index (κ1) is 21.2. The maximum absolute atomic E-state index is 12.9. The standard InChI is InChI=1S/C24H28N2O5/c1-29-21-8-4-19(5-9-21)24(28)26-12-2-3-20(26)17-31-22-10-6-18(7-11-22)23(27)25-13-15-30-16-14-25/h4-11,20H,2-3,12-17H2,1H3/t20-/m0/s1. The van der Waals surface area contributed by atoms with Gasteiger partial charge in [-0.2, -0.15) is 0 Å². The van der Waals surface area contributed by atoms with Crippen molar-refractivity contribution in [3.05, 3.63) is 59.7 Å². The fourth-order valence-corrected chi connectivity index (χ4v) is 4.01. The minimum atomic E-state index is 0.0141. The number of carbonyl (C=O) groups is 2. The molecule has 0 spiro atoms. The van der Waals surface area contributed by atoms with Crippen molar-refractivity contribution in [3.63, 3.8) is 0 Å². The fourth-order valence-electron chi connectivity index (χ4n) is 4.01. The van der Waals surface area contributed by atoms with Crippen LogP contribution in [0.15, 0.2) is 48.5 Å². The molecule has 0 radical (unpaired) electrons. The highest BCUT2D eigenvalue weighted by Crippen LogP contribution is 2.23. The monoisotopic (exact) mass is 424 g/mol. The van der Waals surface area contributed by atoms with Gasteiger partial charge in [0.15, 0.2) is 0 Å². The molecule has 2 aromatic rings. The molecule has 2 fully saturated rings. The van der Waals surface area contributed by atoms with Gasteiger partial charge in [0.25, 0.3) is 11.8 Å². The van der Waals surface area contributed by atoms with E-state index < -0.39 is 0 Å². The Kier molecular flexibility index (Phi) is 6.72. The Bertz CT molecular complexity index is 891. The highest BCUT2D eigenvalue weighted by atomic mass is 16.5. The summed E-state index contributed by atoms with van der Waals surface area (Å²) in [6.45, 7) is 3.57. The normalized spacial score (nSPS) is 18.7. The summed E-state index contributed by atoms with van der Waals surface area (Å²) in [5.74, 6) is 1.46. The van der Waals surface area contributed by atoms with E-state index in [1.165, 1.54) is 0 Å². The van der Waals surface area contributed by atoms with Gasteiger partial charge in [0.05, 0.1) is 26.4 Å². The third-order valence-corrected chi connectivity index (χ3v) is 5.82. The van der Waals surface area contributed by atoms with Gasteiger partial charge in [0.1, 0.15) is 18.1 Å². The summed E-state index contributed by atoms with van der Waals surface area (Å²) in [5, 5.41) is 0. The SMILES string of the molecule is COc1ccc(C(=O)N2CCC[C@H]2COc2ccc(C(=O)N3CCOCC3)cc2)cc1. The number of methoxy groups -OCH3 is 1. The van der Waals surface area contributed by atoms with Gasteiger partial charge in [-0.3, -0.25) is 9.59 Å². The number of nitrogens with zero attached hydrogens (tertiary/aromatic N) is 2. The average Bonchev–Trinajstić information content (AvgIpc) is 3.31. The Balaban J connectivity index is 1.33. The Labute approximate surface area is 182 Å². The Hall–Kier alpha value is -3.06. The van der Waals surface area contributed by atoms with Crippen LogP contribution in [0.3, 0.4) is 0 Å². The van der Waals surface area contributed by atoms with Crippen molar-refractivity contribution >= 4 is 11.8 Å². The lowest BCUT2D eigenvalue weighted by Crippen LogP contribution is -2.40. The number of amides is 2. The summed E-state index contributed by atoms with van der Waals surface area (Å²) >= 11 is 0. The van der Waals surface area contributed by atoms with Gasteiger partial charge in [0, 0.05) is 30.8 Å². The van der Waals surface area contributed by atoms with Crippen LogP contribution in [0, 0.1) is 0 Å². The van der Waals surface area contributed by atoms with Crippen molar-refractivity contribution in [1.82, 2.24) is 9.80 Å². The summed E-state index contributed by atoms with van der Waals surface area (Å²) in [7, 11) is 1.61. The van der Waals surface area contributed by atoms with Crippen LogP contribution < -0.4 is 9.47 Å². The van der Waals surface area contributed by atoms with Crippen LogP contribution in [0.4, 0.5) is 0 Å². The predicted molar refractivity (Wildman–Crippen MR) is 116 cm³/mol. The maximum Gasteiger partial charge on any atom is 0.254 e. The zero-order valence-electron chi connectivity index (χ0n) is 17.8. The van der Waals surface area contributed by atoms with E-state index >= 15 is 0 Å².